The number of hydrogen-bond acceptors (Lipinski definition) is 10. The van der Waals surface area contributed by atoms with E-state index < -0.39 is 37.1 Å². The minimum atomic E-state index is -1.27. The lowest BCUT2D eigenvalue weighted by Crippen LogP contribution is -2.33. The number of carbonyl (C=O) groups is 1. The molecule has 0 aromatic carbocycles. The van der Waals surface area contributed by atoms with Gasteiger partial charge in [0.1, 0.15) is 36.5 Å². The van der Waals surface area contributed by atoms with Gasteiger partial charge in [0, 0.05) is 0 Å². The van der Waals surface area contributed by atoms with E-state index in [-0.39, 0.29) is 5.82 Å². The molecule has 138 valence electrons. The van der Waals surface area contributed by atoms with Crippen LogP contribution in [0, 0.1) is 0 Å². The molecule has 26 heavy (non-hydrogen) atoms. The first-order valence-corrected chi connectivity index (χ1v) is 7.43. The molecule has 1 fully saturated rings. The summed E-state index contributed by atoms with van der Waals surface area (Å²) < 4.78 is 6.25. The number of nitrogens with one attached hydrogen (secondary N) is 1. The Kier molecular flexibility index (Phi) is 5.13. The second-order valence-corrected chi connectivity index (χ2v) is 5.30. The summed E-state index contributed by atoms with van der Waals surface area (Å²) in [6.45, 7) is -0.438. The standard InChI is InChI=1S/C8H12N4O5.C5H4N4/c9-6(16)7-10-2-12(11-7)8-5(15)4(14)3(1-13)17-8;1-4-5(8-2-6-1)9-3-7-4/h2-5,8,13-15H,1H2,(H2,9,16);1-3H,(H,6,7,8,9)/t3-,4-,5-,8-;/m1./s1. The highest BCUT2D eigenvalue weighted by molar-refractivity contribution is 5.88. The van der Waals surface area contributed by atoms with E-state index in [1.165, 1.54) is 6.33 Å². The maximum absolute atomic E-state index is 10.8. The zero-order valence-electron chi connectivity index (χ0n) is 13.2. The number of ether oxygens (including phenoxy) is 1. The average Bonchev–Trinajstić information content (AvgIpc) is 3.36. The zero-order chi connectivity index (χ0) is 18.7. The van der Waals surface area contributed by atoms with Crippen molar-refractivity contribution >= 4 is 17.1 Å². The van der Waals surface area contributed by atoms with Crippen LogP contribution in [0.3, 0.4) is 0 Å². The summed E-state index contributed by atoms with van der Waals surface area (Å²) in [6.07, 6.45) is 1.50. The summed E-state index contributed by atoms with van der Waals surface area (Å²) in [5.41, 5.74) is 6.56. The summed E-state index contributed by atoms with van der Waals surface area (Å²) in [7, 11) is 0. The number of rotatable bonds is 3. The summed E-state index contributed by atoms with van der Waals surface area (Å²) in [6, 6.07) is 0. The Bertz CT molecular complexity index is 852. The molecule has 1 aliphatic heterocycles. The maximum Gasteiger partial charge on any atom is 0.288 e. The molecular formula is C13H16N8O5. The Hall–Kier alpha value is -3.00. The van der Waals surface area contributed by atoms with Gasteiger partial charge in [0.25, 0.3) is 5.91 Å². The number of carbonyl (C=O) groups excluding carboxylic acids is 1. The molecule has 13 nitrogen and oxygen atoms in total. The first-order chi connectivity index (χ1) is 12.5. The second kappa shape index (κ2) is 7.49. The number of H-pyrrole nitrogens is 1. The van der Waals surface area contributed by atoms with E-state index in [0.29, 0.717) is 5.65 Å². The number of aromatic nitrogens is 7. The highest BCUT2D eigenvalue weighted by Gasteiger charge is 2.44. The van der Waals surface area contributed by atoms with Crippen LogP contribution >= 0.6 is 0 Å². The number of aromatic amines is 1. The third kappa shape index (κ3) is 3.50. The van der Waals surface area contributed by atoms with Gasteiger partial charge in [-0.3, -0.25) is 4.79 Å². The Labute approximate surface area is 145 Å². The fourth-order valence-corrected chi connectivity index (χ4v) is 2.30. The van der Waals surface area contributed by atoms with Crippen molar-refractivity contribution in [1.29, 1.82) is 0 Å². The number of primary amides is 1. The van der Waals surface area contributed by atoms with Gasteiger partial charge in [0.05, 0.1) is 19.1 Å². The molecule has 4 rings (SSSR count). The van der Waals surface area contributed by atoms with Crippen molar-refractivity contribution in [3.05, 3.63) is 31.0 Å². The molecule has 0 aliphatic carbocycles. The zero-order valence-corrected chi connectivity index (χ0v) is 13.2. The van der Waals surface area contributed by atoms with Crippen molar-refractivity contribution in [3.8, 4) is 0 Å². The minimum Gasteiger partial charge on any atom is -0.394 e. The lowest BCUT2D eigenvalue weighted by Gasteiger charge is -2.13. The Morgan fingerprint density at radius 1 is 1.31 bits per heavy atom. The molecule has 6 N–H and O–H groups in total. The number of imidazole rings is 1. The lowest BCUT2D eigenvalue weighted by molar-refractivity contribution is -0.0588. The van der Waals surface area contributed by atoms with E-state index >= 15 is 0 Å². The monoisotopic (exact) mass is 364 g/mol. The third-order valence-corrected chi connectivity index (χ3v) is 3.60. The summed E-state index contributed by atoms with van der Waals surface area (Å²) in [5.74, 6) is -1.03. The van der Waals surface area contributed by atoms with Crippen LogP contribution in [0.15, 0.2) is 25.2 Å². The second-order valence-electron chi connectivity index (χ2n) is 5.30. The number of aliphatic hydroxyl groups is 3. The number of amides is 1. The fraction of sp³-hybridized carbons (Fsp3) is 0.385. The largest absolute Gasteiger partial charge is 0.394 e. The van der Waals surface area contributed by atoms with Crippen molar-refractivity contribution in [2.75, 3.05) is 6.61 Å². The average molecular weight is 364 g/mol. The van der Waals surface area contributed by atoms with Crippen LogP contribution in [0.5, 0.6) is 0 Å². The highest BCUT2D eigenvalue weighted by atomic mass is 16.6. The van der Waals surface area contributed by atoms with Crippen LogP contribution in [-0.2, 0) is 4.74 Å². The van der Waals surface area contributed by atoms with Gasteiger partial charge in [-0.05, 0) is 0 Å². The van der Waals surface area contributed by atoms with Gasteiger partial charge < -0.3 is 30.8 Å². The van der Waals surface area contributed by atoms with E-state index in [9.17, 15) is 15.0 Å². The topological polar surface area (TPSA) is 198 Å². The van der Waals surface area contributed by atoms with Gasteiger partial charge in [-0.2, -0.15) is 0 Å². The third-order valence-electron chi connectivity index (χ3n) is 3.60. The smallest absolute Gasteiger partial charge is 0.288 e. The molecule has 0 radical (unpaired) electrons. The fourth-order valence-electron chi connectivity index (χ4n) is 2.30. The first kappa shape index (κ1) is 17.8. The van der Waals surface area contributed by atoms with Crippen molar-refractivity contribution < 1.29 is 24.9 Å². The normalized spacial score (nSPS) is 25.0. The SMILES string of the molecule is NC(=O)c1ncn([C@@H]2O[C@H](CO)[C@@H](O)[C@H]2O)n1.c1ncc2[nH]cnc2n1. The molecule has 4 heterocycles. The van der Waals surface area contributed by atoms with E-state index in [2.05, 4.69) is 30.0 Å². The maximum atomic E-state index is 10.8. The molecule has 1 amide bonds. The first-order valence-electron chi connectivity index (χ1n) is 7.43. The highest BCUT2D eigenvalue weighted by Crippen LogP contribution is 2.28. The Balaban J connectivity index is 0.000000181. The Morgan fingerprint density at radius 2 is 2.12 bits per heavy atom. The number of nitrogens with zero attached hydrogens (tertiary/aromatic N) is 6. The van der Waals surface area contributed by atoms with Gasteiger partial charge >= 0.3 is 0 Å². The molecule has 0 saturated carbocycles. The molecule has 4 atom stereocenters. The number of aliphatic hydroxyl groups excluding tert-OH is 3. The summed E-state index contributed by atoms with van der Waals surface area (Å²) >= 11 is 0. The summed E-state index contributed by atoms with van der Waals surface area (Å²) in [4.78, 5) is 28.9. The molecule has 1 saturated heterocycles. The molecule has 1 aliphatic rings. The van der Waals surface area contributed by atoms with Crippen LogP contribution in [0.4, 0.5) is 0 Å². The molecule has 0 unspecified atom stereocenters. The molecule has 3 aromatic heterocycles. The van der Waals surface area contributed by atoms with Gasteiger partial charge in [0.15, 0.2) is 11.9 Å². The van der Waals surface area contributed by atoms with Crippen LogP contribution in [0.25, 0.3) is 11.2 Å². The number of hydrogen-bond donors (Lipinski definition) is 5. The van der Waals surface area contributed by atoms with Crippen LogP contribution in [0.2, 0.25) is 0 Å². The van der Waals surface area contributed by atoms with E-state index in [1.807, 2.05) is 0 Å². The van der Waals surface area contributed by atoms with Gasteiger partial charge in [0.2, 0.25) is 5.82 Å². The summed E-state index contributed by atoms with van der Waals surface area (Å²) in [5, 5.41) is 31.8. The molecular weight excluding hydrogens is 348 g/mol. The predicted octanol–water partition coefficient (Wildman–Crippen LogP) is -2.66. The van der Waals surface area contributed by atoms with Crippen LogP contribution < -0.4 is 5.73 Å². The van der Waals surface area contributed by atoms with Crippen molar-refractivity contribution in [2.45, 2.75) is 24.5 Å². The Morgan fingerprint density at radius 3 is 2.73 bits per heavy atom. The van der Waals surface area contributed by atoms with Crippen LogP contribution in [-0.4, -0.2) is 80.8 Å². The number of nitrogens with two attached hydrogens (primary N) is 1. The molecule has 0 spiro atoms. The van der Waals surface area contributed by atoms with Gasteiger partial charge in [-0.1, -0.05) is 0 Å². The van der Waals surface area contributed by atoms with Crippen molar-refractivity contribution in [1.82, 2.24) is 34.7 Å². The molecule has 3 aromatic rings. The minimum absolute atomic E-state index is 0.220. The van der Waals surface area contributed by atoms with Crippen molar-refractivity contribution in [3.63, 3.8) is 0 Å². The number of fused-ring (bicyclic) bond motifs is 1. The lowest BCUT2D eigenvalue weighted by atomic mass is 10.1. The van der Waals surface area contributed by atoms with E-state index in [0.717, 1.165) is 16.5 Å². The quantitative estimate of drug-likeness (QED) is 0.327. The molecule has 13 heteroatoms. The van der Waals surface area contributed by atoms with Crippen molar-refractivity contribution in [2.24, 2.45) is 5.73 Å². The van der Waals surface area contributed by atoms with Gasteiger partial charge in [-0.15, -0.1) is 5.10 Å². The van der Waals surface area contributed by atoms with Gasteiger partial charge in [-0.25, -0.2) is 24.6 Å². The predicted molar refractivity (Wildman–Crippen MR) is 83.2 cm³/mol. The van der Waals surface area contributed by atoms with Crippen LogP contribution in [0.1, 0.15) is 16.8 Å². The van der Waals surface area contributed by atoms with E-state index in [1.54, 1.807) is 12.5 Å². The van der Waals surface area contributed by atoms with E-state index in [4.69, 9.17) is 15.6 Å². The molecule has 0 bridgehead atoms.